The van der Waals surface area contributed by atoms with Gasteiger partial charge in [-0.3, -0.25) is 0 Å². The number of aromatic nitrogens is 2. The van der Waals surface area contributed by atoms with Gasteiger partial charge in [-0.15, -0.1) is 11.6 Å². The van der Waals surface area contributed by atoms with E-state index in [2.05, 4.69) is 55.4 Å². The third kappa shape index (κ3) is 2.69. The lowest BCUT2D eigenvalue weighted by Crippen LogP contribution is -2.17. The molecule has 0 amide bonds. The number of rotatable bonds is 2. The number of alkyl halides is 1. The van der Waals surface area contributed by atoms with Crippen LogP contribution in [0.1, 0.15) is 44.5 Å². The highest BCUT2D eigenvalue weighted by Gasteiger charge is 2.19. The third-order valence-corrected chi connectivity index (χ3v) is 3.12. The Morgan fingerprint density at radius 3 is 2.56 bits per heavy atom. The molecule has 0 bridgehead atoms. The summed E-state index contributed by atoms with van der Waals surface area (Å²) in [5.41, 5.74) is 3.68. The van der Waals surface area contributed by atoms with Crippen LogP contribution in [-0.4, -0.2) is 9.55 Å². The van der Waals surface area contributed by atoms with E-state index in [4.69, 9.17) is 11.6 Å². The minimum Gasteiger partial charge on any atom is -0.326 e. The smallest absolute Gasteiger partial charge is 0.127 e. The molecule has 2 nitrogen and oxygen atoms in total. The van der Waals surface area contributed by atoms with Crippen molar-refractivity contribution in [3.8, 4) is 0 Å². The monoisotopic (exact) mass is 264 g/mol. The summed E-state index contributed by atoms with van der Waals surface area (Å²) in [5.74, 6) is 0.965. The summed E-state index contributed by atoms with van der Waals surface area (Å²) in [4.78, 5) is 4.67. The van der Waals surface area contributed by atoms with Gasteiger partial charge in [-0.2, -0.15) is 0 Å². The summed E-state index contributed by atoms with van der Waals surface area (Å²) in [5, 5.41) is -0.0694. The van der Waals surface area contributed by atoms with Gasteiger partial charge in [0.05, 0.1) is 16.4 Å². The molecule has 0 radical (unpaired) electrons. The Kier molecular flexibility index (Phi) is 3.41. The first kappa shape index (κ1) is 13.4. The zero-order valence-electron chi connectivity index (χ0n) is 11.8. The van der Waals surface area contributed by atoms with Crippen LogP contribution in [0.5, 0.6) is 0 Å². The molecule has 0 spiro atoms. The molecule has 0 aliphatic rings. The predicted octanol–water partition coefficient (Wildman–Crippen LogP) is 4.69. The van der Waals surface area contributed by atoms with Crippen LogP contribution in [-0.2, 0) is 6.54 Å². The fourth-order valence-corrected chi connectivity index (χ4v) is 2.36. The number of hydrogen-bond acceptors (Lipinski definition) is 1. The van der Waals surface area contributed by atoms with Crippen LogP contribution in [0.25, 0.3) is 11.0 Å². The second-order valence-corrected chi connectivity index (χ2v) is 6.88. The SMILES string of the molecule is Cc1ccc2nc(C(C)Cl)n(CC(C)(C)C)c2c1. The molecular weight excluding hydrogens is 244 g/mol. The van der Waals surface area contributed by atoms with Crippen LogP contribution in [0.15, 0.2) is 18.2 Å². The molecule has 3 heteroatoms. The molecule has 0 aliphatic heterocycles. The van der Waals surface area contributed by atoms with E-state index >= 15 is 0 Å². The van der Waals surface area contributed by atoms with E-state index in [0.717, 1.165) is 17.9 Å². The number of aryl methyl sites for hydroxylation is 1. The molecule has 1 aromatic carbocycles. The maximum absolute atomic E-state index is 6.27. The Morgan fingerprint density at radius 2 is 2.00 bits per heavy atom. The number of imidazole rings is 1. The molecule has 0 saturated heterocycles. The largest absolute Gasteiger partial charge is 0.326 e. The molecule has 0 fully saturated rings. The van der Waals surface area contributed by atoms with Crippen molar-refractivity contribution in [2.24, 2.45) is 5.41 Å². The Morgan fingerprint density at radius 1 is 1.33 bits per heavy atom. The van der Waals surface area contributed by atoms with Crippen molar-refractivity contribution in [1.29, 1.82) is 0 Å². The predicted molar refractivity (Wildman–Crippen MR) is 78.2 cm³/mol. The molecule has 1 atom stereocenters. The summed E-state index contributed by atoms with van der Waals surface area (Å²) in [6.07, 6.45) is 0. The summed E-state index contributed by atoms with van der Waals surface area (Å²) >= 11 is 6.27. The van der Waals surface area contributed by atoms with Crippen LogP contribution in [0.4, 0.5) is 0 Å². The number of hydrogen-bond donors (Lipinski definition) is 0. The van der Waals surface area contributed by atoms with Gasteiger partial charge < -0.3 is 4.57 Å². The fourth-order valence-electron chi connectivity index (χ4n) is 2.20. The van der Waals surface area contributed by atoms with Crippen molar-refractivity contribution in [3.63, 3.8) is 0 Å². The van der Waals surface area contributed by atoms with Crippen LogP contribution >= 0.6 is 11.6 Å². The van der Waals surface area contributed by atoms with Crippen LogP contribution < -0.4 is 0 Å². The molecule has 2 aromatic rings. The normalized spacial score (nSPS) is 14.1. The summed E-state index contributed by atoms with van der Waals surface area (Å²) < 4.78 is 2.26. The molecule has 1 unspecified atom stereocenters. The Hall–Kier alpha value is -1.02. The topological polar surface area (TPSA) is 17.8 Å². The highest BCUT2D eigenvalue weighted by Crippen LogP contribution is 2.28. The third-order valence-electron chi connectivity index (χ3n) is 2.92. The summed E-state index contributed by atoms with van der Waals surface area (Å²) in [7, 11) is 0. The number of fused-ring (bicyclic) bond motifs is 1. The molecule has 1 heterocycles. The minimum absolute atomic E-state index is 0.0694. The molecule has 0 saturated carbocycles. The lowest BCUT2D eigenvalue weighted by atomic mass is 9.96. The number of benzene rings is 1. The first-order chi connectivity index (χ1) is 8.28. The number of halogens is 1. The van der Waals surface area contributed by atoms with Crippen LogP contribution in [0.3, 0.4) is 0 Å². The van der Waals surface area contributed by atoms with E-state index in [1.165, 1.54) is 11.1 Å². The maximum Gasteiger partial charge on any atom is 0.127 e. The van der Waals surface area contributed by atoms with Crippen molar-refractivity contribution in [1.82, 2.24) is 9.55 Å². The lowest BCUT2D eigenvalue weighted by molar-refractivity contribution is 0.343. The molecule has 0 N–H and O–H groups in total. The second kappa shape index (κ2) is 4.58. The van der Waals surface area contributed by atoms with Gasteiger partial charge in [0.25, 0.3) is 0 Å². The molecule has 0 aliphatic carbocycles. The van der Waals surface area contributed by atoms with E-state index in [1.54, 1.807) is 0 Å². The Balaban J connectivity index is 2.64. The fraction of sp³-hybridized carbons (Fsp3) is 0.533. The average molecular weight is 265 g/mol. The van der Waals surface area contributed by atoms with Gasteiger partial charge in [-0.25, -0.2) is 4.98 Å². The quantitative estimate of drug-likeness (QED) is 0.720. The maximum atomic E-state index is 6.27. The van der Waals surface area contributed by atoms with Gasteiger partial charge in [0.15, 0.2) is 0 Å². The summed E-state index contributed by atoms with van der Waals surface area (Å²) in [6.45, 7) is 11.7. The first-order valence-corrected chi connectivity index (χ1v) is 6.82. The second-order valence-electron chi connectivity index (χ2n) is 6.22. The van der Waals surface area contributed by atoms with Crippen LogP contribution in [0.2, 0.25) is 0 Å². The van der Waals surface area contributed by atoms with Crippen molar-refractivity contribution >= 4 is 22.6 Å². The molecule has 98 valence electrons. The van der Waals surface area contributed by atoms with Gasteiger partial charge in [0.2, 0.25) is 0 Å². The van der Waals surface area contributed by atoms with Crippen molar-refractivity contribution in [2.45, 2.75) is 46.5 Å². The highest BCUT2D eigenvalue weighted by atomic mass is 35.5. The Labute approximate surface area is 114 Å². The van der Waals surface area contributed by atoms with Crippen molar-refractivity contribution in [2.75, 3.05) is 0 Å². The average Bonchev–Trinajstić information content (AvgIpc) is 2.55. The highest BCUT2D eigenvalue weighted by molar-refractivity contribution is 6.20. The Bertz CT molecular complexity index is 562. The van der Waals surface area contributed by atoms with Gasteiger partial charge in [-0.05, 0) is 37.0 Å². The van der Waals surface area contributed by atoms with E-state index in [0.29, 0.717) is 0 Å². The zero-order valence-corrected chi connectivity index (χ0v) is 12.5. The van der Waals surface area contributed by atoms with Crippen LogP contribution in [0, 0.1) is 12.3 Å². The van der Waals surface area contributed by atoms with Gasteiger partial charge in [0, 0.05) is 6.54 Å². The molecule has 1 aromatic heterocycles. The van der Waals surface area contributed by atoms with E-state index in [-0.39, 0.29) is 10.8 Å². The summed E-state index contributed by atoms with van der Waals surface area (Å²) in [6, 6.07) is 6.36. The standard InChI is InChI=1S/C15H21ClN2/c1-10-6-7-12-13(8-10)18(9-15(3,4)5)14(17-12)11(2)16/h6-8,11H,9H2,1-5H3. The number of nitrogens with zero attached hydrogens (tertiary/aromatic N) is 2. The van der Waals surface area contributed by atoms with Crippen molar-refractivity contribution in [3.05, 3.63) is 29.6 Å². The lowest BCUT2D eigenvalue weighted by Gasteiger charge is -2.22. The molecule has 2 rings (SSSR count). The van der Waals surface area contributed by atoms with Gasteiger partial charge >= 0.3 is 0 Å². The molecular formula is C15H21ClN2. The van der Waals surface area contributed by atoms with Crippen molar-refractivity contribution < 1.29 is 0 Å². The van der Waals surface area contributed by atoms with E-state index < -0.39 is 0 Å². The van der Waals surface area contributed by atoms with E-state index in [9.17, 15) is 0 Å². The molecule has 18 heavy (non-hydrogen) atoms. The van der Waals surface area contributed by atoms with E-state index in [1.807, 2.05) is 6.92 Å². The zero-order chi connectivity index (χ0) is 13.5. The van der Waals surface area contributed by atoms with Gasteiger partial charge in [-0.1, -0.05) is 26.8 Å². The van der Waals surface area contributed by atoms with Gasteiger partial charge in [0.1, 0.15) is 5.82 Å². The minimum atomic E-state index is -0.0694. The first-order valence-electron chi connectivity index (χ1n) is 6.39.